The summed E-state index contributed by atoms with van der Waals surface area (Å²) in [7, 11) is 0. The van der Waals surface area contributed by atoms with E-state index < -0.39 is 0 Å². The largest absolute Gasteiger partial charge is 0.368 e. The Morgan fingerprint density at radius 2 is 2.08 bits per heavy atom. The Kier molecular flexibility index (Phi) is 7.80. The molecule has 4 nitrogen and oxygen atoms in total. The smallest absolute Gasteiger partial charge is 0.107 e. The number of benzene rings is 1. The number of nitrogens with one attached hydrogen (secondary N) is 1. The van der Waals surface area contributed by atoms with E-state index in [4.69, 9.17) is 16.3 Å². The minimum atomic E-state index is 0. The van der Waals surface area contributed by atoms with Crippen LogP contribution in [0.4, 0.5) is 0 Å². The summed E-state index contributed by atoms with van der Waals surface area (Å²) < 4.78 is 6.27. The van der Waals surface area contributed by atoms with Crippen molar-refractivity contribution in [1.82, 2.24) is 15.0 Å². The molecule has 8 heteroatoms. The number of H-pyrrole nitrogens is 1. The van der Waals surface area contributed by atoms with Crippen molar-refractivity contribution in [1.29, 1.82) is 0 Å². The normalized spacial score (nSPS) is 17.9. The fourth-order valence-corrected chi connectivity index (χ4v) is 4.55. The molecule has 1 aromatic carbocycles. The molecule has 138 valence electrons. The summed E-state index contributed by atoms with van der Waals surface area (Å²) in [5.74, 6) is 0.974. The second-order valence-electron chi connectivity index (χ2n) is 5.67. The molecule has 3 heterocycles. The zero-order valence-corrected chi connectivity index (χ0v) is 16.9. The highest BCUT2D eigenvalue weighted by Crippen LogP contribution is 2.48. The molecular weight excluding hydrogens is 413 g/mol. The number of hydrogen-bond acceptors (Lipinski definition) is 4. The van der Waals surface area contributed by atoms with Crippen LogP contribution in [0.25, 0.3) is 0 Å². The first-order chi connectivity index (χ1) is 11.8. The van der Waals surface area contributed by atoms with E-state index in [1.165, 1.54) is 10.5 Å². The quantitative estimate of drug-likeness (QED) is 0.598. The van der Waals surface area contributed by atoms with Crippen LogP contribution in [-0.2, 0) is 17.8 Å². The van der Waals surface area contributed by atoms with Crippen LogP contribution < -0.4 is 0 Å². The summed E-state index contributed by atoms with van der Waals surface area (Å²) in [5, 5.41) is 1.02. The molecule has 0 bridgehead atoms. The lowest BCUT2D eigenvalue weighted by molar-refractivity contribution is 0.0390. The van der Waals surface area contributed by atoms with E-state index in [-0.39, 0.29) is 36.2 Å². The van der Waals surface area contributed by atoms with Gasteiger partial charge < -0.3 is 9.72 Å². The molecule has 1 aliphatic rings. The van der Waals surface area contributed by atoms with Gasteiger partial charge in [0.15, 0.2) is 0 Å². The Morgan fingerprint density at radius 1 is 1.19 bits per heavy atom. The maximum Gasteiger partial charge on any atom is 0.107 e. The van der Waals surface area contributed by atoms with Gasteiger partial charge in [-0.25, -0.2) is 4.98 Å². The van der Waals surface area contributed by atoms with Crippen molar-refractivity contribution < 1.29 is 4.74 Å². The average Bonchev–Trinajstić information content (AvgIpc) is 3.21. The molecule has 2 atom stereocenters. The predicted molar refractivity (Wildman–Crippen MR) is 110 cm³/mol. The van der Waals surface area contributed by atoms with Crippen molar-refractivity contribution in [3.63, 3.8) is 0 Å². The number of rotatable bonds is 5. The molecule has 3 aromatic rings. The molecule has 0 spiro atoms. The Balaban J connectivity index is 0.00000121. The van der Waals surface area contributed by atoms with Crippen LogP contribution in [-0.4, -0.2) is 20.2 Å². The SMILES string of the molecule is Cl.Cl.Clc1ccc2c(c1)S[C@@H](Cc1ncc[nH]1)[C@H]2OCc1cccnc1. The molecule has 0 saturated carbocycles. The zero-order valence-electron chi connectivity index (χ0n) is 13.7. The van der Waals surface area contributed by atoms with Crippen molar-refractivity contribution in [3.05, 3.63) is 77.1 Å². The number of aromatic nitrogens is 3. The third-order valence-corrected chi connectivity index (χ3v) is 5.56. The Labute approximate surface area is 173 Å². The Hall–Kier alpha value is -1.24. The molecule has 2 aromatic heterocycles. The van der Waals surface area contributed by atoms with Crippen LogP contribution in [0, 0.1) is 0 Å². The summed E-state index contributed by atoms with van der Waals surface area (Å²) in [6, 6.07) is 9.97. The Morgan fingerprint density at radius 3 is 2.81 bits per heavy atom. The monoisotopic (exact) mass is 429 g/mol. The fraction of sp³-hybridized carbons (Fsp3) is 0.222. The minimum Gasteiger partial charge on any atom is -0.368 e. The lowest BCUT2D eigenvalue weighted by atomic mass is 10.0. The molecular formula is C18H18Cl3N3OS. The number of halogens is 3. The van der Waals surface area contributed by atoms with E-state index in [0.29, 0.717) is 6.61 Å². The standard InChI is InChI=1S/C18H16ClN3OS.2ClH/c19-13-3-4-14-15(8-13)24-16(9-17-21-6-7-22-17)18(14)23-11-12-2-1-5-20-10-12;;/h1-8,10,16,18H,9,11H2,(H,21,22);2*1H/t16-,18-;;/m0../s1. The number of fused-ring (bicyclic) bond motifs is 1. The molecule has 0 amide bonds. The van der Waals surface area contributed by atoms with Crippen LogP contribution in [0.1, 0.15) is 23.1 Å². The zero-order chi connectivity index (χ0) is 16.4. The summed E-state index contributed by atoms with van der Waals surface area (Å²) in [4.78, 5) is 12.9. The van der Waals surface area contributed by atoms with E-state index in [2.05, 4.69) is 21.0 Å². The topological polar surface area (TPSA) is 50.8 Å². The third-order valence-electron chi connectivity index (χ3n) is 4.00. The molecule has 1 N–H and O–H groups in total. The average molecular weight is 431 g/mol. The first-order valence-electron chi connectivity index (χ1n) is 7.74. The molecule has 26 heavy (non-hydrogen) atoms. The van der Waals surface area contributed by atoms with Gasteiger partial charge in [0.2, 0.25) is 0 Å². The lowest BCUT2D eigenvalue weighted by Gasteiger charge is -2.19. The third kappa shape index (κ3) is 4.72. The van der Waals surface area contributed by atoms with Crippen LogP contribution in [0.3, 0.4) is 0 Å². The molecule has 0 fully saturated rings. The van der Waals surface area contributed by atoms with Crippen molar-refractivity contribution in [3.8, 4) is 0 Å². The predicted octanol–water partition coefficient (Wildman–Crippen LogP) is 5.28. The van der Waals surface area contributed by atoms with Crippen LogP contribution in [0.15, 0.2) is 60.0 Å². The highest BCUT2D eigenvalue weighted by molar-refractivity contribution is 8.00. The molecule has 0 radical (unpaired) electrons. The van der Waals surface area contributed by atoms with Gasteiger partial charge >= 0.3 is 0 Å². The van der Waals surface area contributed by atoms with Gasteiger partial charge in [0.1, 0.15) is 5.82 Å². The molecule has 4 rings (SSSR count). The summed E-state index contributed by atoms with van der Waals surface area (Å²) in [5.41, 5.74) is 2.27. The van der Waals surface area contributed by atoms with Crippen LogP contribution >= 0.6 is 48.2 Å². The van der Waals surface area contributed by atoms with E-state index in [0.717, 1.165) is 22.8 Å². The van der Waals surface area contributed by atoms with E-state index in [1.807, 2.05) is 36.7 Å². The first-order valence-corrected chi connectivity index (χ1v) is 9.00. The summed E-state index contributed by atoms with van der Waals surface area (Å²) in [6.07, 6.45) is 8.07. The minimum absolute atomic E-state index is 0. The maximum atomic E-state index is 6.27. The highest BCUT2D eigenvalue weighted by Gasteiger charge is 2.35. The van der Waals surface area contributed by atoms with E-state index in [1.54, 1.807) is 24.2 Å². The number of nitrogens with zero attached hydrogens (tertiary/aromatic N) is 2. The van der Waals surface area contributed by atoms with Crippen molar-refractivity contribution in [2.45, 2.75) is 29.3 Å². The number of ether oxygens (including phenoxy) is 1. The van der Waals surface area contributed by atoms with Gasteiger partial charge in [-0.05, 0) is 29.3 Å². The molecule has 1 aliphatic heterocycles. The van der Waals surface area contributed by atoms with Gasteiger partial charge in [-0.15, -0.1) is 36.6 Å². The number of aromatic amines is 1. The molecule has 0 unspecified atom stereocenters. The first kappa shape index (κ1) is 21.1. The van der Waals surface area contributed by atoms with Gasteiger partial charge in [0.25, 0.3) is 0 Å². The van der Waals surface area contributed by atoms with Gasteiger partial charge in [0.05, 0.1) is 12.7 Å². The Bertz CT molecular complexity index is 818. The molecule has 0 saturated heterocycles. The summed E-state index contributed by atoms with van der Waals surface area (Å²) >= 11 is 7.96. The van der Waals surface area contributed by atoms with Crippen molar-refractivity contribution >= 4 is 48.2 Å². The number of imidazole rings is 1. The highest BCUT2D eigenvalue weighted by atomic mass is 35.5. The fourth-order valence-electron chi connectivity index (χ4n) is 2.89. The van der Waals surface area contributed by atoms with Gasteiger partial charge in [0, 0.05) is 46.4 Å². The second-order valence-corrected chi connectivity index (χ2v) is 7.39. The number of hydrogen-bond donors (Lipinski definition) is 1. The molecule has 0 aliphatic carbocycles. The van der Waals surface area contributed by atoms with Crippen LogP contribution in [0.2, 0.25) is 5.02 Å². The maximum absolute atomic E-state index is 6.27. The van der Waals surface area contributed by atoms with E-state index >= 15 is 0 Å². The number of pyridine rings is 1. The van der Waals surface area contributed by atoms with Gasteiger partial charge in [-0.1, -0.05) is 23.7 Å². The summed E-state index contributed by atoms with van der Waals surface area (Å²) in [6.45, 7) is 0.537. The van der Waals surface area contributed by atoms with Crippen LogP contribution in [0.5, 0.6) is 0 Å². The number of thioether (sulfide) groups is 1. The van der Waals surface area contributed by atoms with Crippen molar-refractivity contribution in [2.24, 2.45) is 0 Å². The van der Waals surface area contributed by atoms with E-state index in [9.17, 15) is 0 Å². The van der Waals surface area contributed by atoms with Gasteiger partial charge in [-0.2, -0.15) is 0 Å². The second kappa shape index (κ2) is 9.62. The van der Waals surface area contributed by atoms with Gasteiger partial charge in [-0.3, -0.25) is 4.98 Å². The lowest BCUT2D eigenvalue weighted by Crippen LogP contribution is -2.17. The van der Waals surface area contributed by atoms with Crippen molar-refractivity contribution in [2.75, 3.05) is 0 Å².